The van der Waals surface area contributed by atoms with Crippen molar-refractivity contribution >= 4 is 44.0 Å². The minimum Gasteiger partial charge on any atom is -0.493 e. The van der Waals surface area contributed by atoms with Crippen molar-refractivity contribution in [3.63, 3.8) is 0 Å². The molecule has 0 aliphatic heterocycles. The van der Waals surface area contributed by atoms with Gasteiger partial charge >= 0.3 is 0 Å². The molecule has 0 amide bonds. The zero-order valence-corrected chi connectivity index (χ0v) is 27.7. The van der Waals surface area contributed by atoms with Gasteiger partial charge in [0.2, 0.25) is 0 Å². The van der Waals surface area contributed by atoms with Gasteiger partial charge in [0, 0.05) is 20.1 Å². The SMILES string of the molecule is CC(C)CCCC(C)CCOc1cc(Br)ccc1C=Cc1ccc(Br)cc1OCCC(C)CCCC(C)C. The fourth-order valence-corrected chi connectivity index (χ4v) is 5.18. The largest absolute Gasteiger partial charge is 0.493 e. The summed E-state index contributed by atoms with van der Waals surface area (Å²) in [4.78, 5) is 0. The lowest BCUT2D eigenvalue weighted by Gasteiger charge is -2.15. The molecule has 212 valence electrons. The number of hydrogen-bond donors (Lipinski definition) is 0. The first-order chi connectivity index (χ1) is 18.1. The molecular formula is C34H50Br2O2. The summed E-state index contributed by atoms with van der Waals surface area (Å²) in [5.41, 5.74) is 2.15. The lowest BCUT2D eigenvalue weighted by molar-refractivity contribution is 0.275. The van der Waals surface area contributed by atoms with Crippen LogP contribution in [0.25, 0.3) is 12.2 Å². The molecule has 2 aromatic carbocycles. The Morgan fingerprint density at radius 3 is 1.34 bits per heavy atom. The van der Waals surface area contributed by atoms with E-state index in [-0.39, 0.29) is 0 Å². The van der Waals surface area contributed by atoms with E-state index >= 15 is 0 Å². The summed E-state index contributed by atoms with van der Waals surface area (Å²) in [7, 11) is 0. The Morgan fingerprint density at radius 2 is 0.974 bits per heavy atom. The van der Waals surface area contributed by atoms with E-state index in [1.54, 1.807) is 0 Å². The van der Waals surface area contributed by atoms with Gasteiger partial charge in [-0.05, 0) is 60.8 Å². The Kier molecular flexibility index (Phi) is 15.7. The molecule has 0 saturated carbocycles. The Hall–Kier alpha value is -1.26. The first-order valence-corrected chi connectivity index (χ1v) is 16.2. The van der Waals surface area contributed by atoms with Crippen molar-refractivity contribution in [1.29, 1.82) is 0 Å². The second-order valence-electron chi connectivity index (χ2n) is 11.8. The third-order valence-corrected chi connectivity index (χ3v) is 8.07. The number of ether oxygens (including phenoxy) is 2. The molecule has 0 bridgehead atoms. The fraction of sp³-hybridized carbons (Fsp3) is 0.588. The minimum atomic E-state index is 0.681. The highest BCUT2D eigenvalue weighted by Crippen LogP contribution is 2.30. The van der Waals surface area contributed by atoms with Crippen molar-refractivity contribution in [2.75, 3.05) is 13.2 Å². The zero-order valence-electron chi connectivity index (χ0n) is 24.6. The standard InChI is InChI=1S/C34H50Br2O2/c1-25(2)9-7-11-27(5)19-21-37-33-23-31(35)17-15-29(33)13-14-30-16-18-32(36)24-34(30)38-22-20-28(6)12-8-10-26(3)4/h13-18,23-28H,7-12,19-22H2,1-6H3. The highest BCUT2D eigenvalue weighted by Gasteiger charge is 2.09. The van der Waals surface area contributed by atoms with Crippen LogP contribution in [0.3, 0.4) is 0 Å². The van der Waals surface area contributed by atoms with E-state index in [0.29, 0.717) is 11.8 Å². The summed E-state index contributed by atoms with van der Waals surface area (Å²) in [6.45, 7) is 15.4. The predicted octanol–water partition coefficient (Wildman–Crippen LogP) is 11.8. The molecule has 2 rings (SSSR count). The van der Waals surface area contributed by atoms with E-state index in [1.165, 1.54) is 38.5 Å². The second-order valence-corrected chi connectivity index (χ2v) is 13.7. The van der Waals surface area contributed by atoms with Crippen LogP contribution in [0, 0.1) is 23.7 Å². The predicted molar refractivity (Wildman–Crippen MR) is 173 cm³/mol. The summed E-state index contributed by atoms with van der Waals surface area (Å²) in [6.07, 6.45) is 14.2. The van der Waals surface area contributed by atoms with Crippen molar-refractivity contribution in [2.24, 2.45) is 23.7 Å². The van der Waals surface area contributed by atoms with Crippen LogP contribution < -0.4 is 9.47 Å². The monoisotopic (exact) mass is 648 g/mol. The Balaban J connectivity index is 1.97. The van der Waals surface area contributed by atoms with Crippen LogP contribution in [0.5, 0.6) is 11.5 Å². The van der Waals surface area contributed by atoms with Crippen LogP contribution >= 0.6 is 31.9 Å². The van der Waals surface area contributed by atoms with Gasteiger partial charge in [0.25, 0.3) is 0 Å². The van der Waals surface area contributed by atoms with E-state index in [0.717, 1.165) is 69.5 Å². The van der Waals surface area contributed by atoms with Gasteiger partial charge in [-0.1, -0.05) is 136 Å². The zero-order chi connectivity index (χ0) is 27.9. The molecule has 0 aromatic heterocycles. The van der Waals surface area contributed by atoms with Gasteiger partial charge in [0.15, 0.2) is 0 Å². The van der Waals surface area contributed by atoms with Crippen LogP contribution in [-0.4, -0.2) is 13.2 Å². The van der Waals surface area contributed by atoms with Gasteiger partial charge in [0.1, 0.15) is 11.5 Å². The van der Waals surface area contributed by atoms with E-state index in [1.807, 2.05) is 0 Å². The number of halogens is 2. The molecule has 2 atom stereocenters. The Labute approximate surface area is 250 Å². The maximum atomic E-state index is 6.27. The van der Waals surface area contributed by atoms with Crippen LogP contribution in [0.15, 0.2) is 45.3 Å². The average Bonchev–Trinajstić information content (AvgIpc) is 2.84. The molecule has 0 aliphatic rings. The number of hydrogen-bond acceptors (Lipinski definition) is 2. The molecule has 0 spiro atoms. The molecule has 0 saturated heterocycles. The maximum Gasteiger partial charge on any atom is 0.127 e. The molecule has 2 nitrogen and oxygen atoms in total. The van der Waals surface area contributed by atoms with Crippen molar-refractivity contribution in [1.82, 2.24) is 0 Å². The summed E-state index contributed by atoms with van der Waals surface area (Å²) < 4.78 is 14.6. The maximum absolute atomic E-state index is 6.27. The number of rotatable bonds is 18. The van der Waals surface area contributed by atoms with E-state index < -0.39 is 0 Å². The molecular weight excluding hydrogens is 600 g/mol. The topological polar surface area (TPSA) is 18.5 Å². The van der Waals surface area contributed by atoms with Crippen molar-refractivity contribution in [2.45, 2.75) is 92.9 Å². The molecule has 4 heteroatoms. The lowest BCUT2D eigenvalue weighted by Crippen LogP contribution is -2.06. The van der Waals surface area contributed by atoms with Gasteiger partial charge in [-0.15, -0.1) is 0 Å². The van der Waals surface area contributed by atoms with Gasteiger partial charge in [-0.2, -0.15) is 0 Å². The molecule has 38 heavy (non-hydrogen) atoms. The van der Waals surface area contributed by atoms with Gasteiger partial charge in [-0.25, -0.2) is 0 Å². The number of benzene rings is 2. The molecule has 2 aromatic rings. The molecule has 0 N–H and O–H groups in total. The average molecular weight is 651 g/mol. The van der Waals surface area contributed by atoms with E-state index in [4.69, 9.17) is 9.47 Å². The van der Waals surface area contributed by atoms with Gasteiger partial charge in [-0.3, -0.25) is 0 Å². The normalized spacial score (nSPS) is 13.4. The summed E-state index contributed by atoms with van der Waals surface area (Å²) >= 11 is 7.23. The molecule has 0 aliphatic carbocycles. The highest BCUT2D eigenvalue weighted by atomic mass is 79.9. The van der Waals surface area contributed by atoms with Crippen molar-refractivity contribution in [3.8, 4) is 11.5 Å². The Bertz CT molecular complexity index is 889. The third-order valence-electron chi connectivity index (χ3n) is 7.09. The van der Waals surface area contributed by atoms with Gasteiger partial charge in [0.05, 0.1) is 13.2 Å². The van der Waals surface area contributed by atoms with Crippen molar-refractivity contribution < 1.29 is 9.47 Å². The van der Waals surface area contributed by atoms with Crippen LogP contribution in [0.4, 0.5) is 0 Å². The summed E-state index contributed by atoms with van der Waals surface area (Å²) in [6, 6.07) is 12.5. The first-order valence-electron chi connectivity index (χ1n) is 14.7. The second kappa shape index (κ2) is 18.2. The van der Waals surface area contributed by atoms with Crippen LogP contribution in [0.1, 0.15) is 104 Å². The minimum absolute atomic E-state index is 0.681. The lowest BCUT2D eigenvalue weighted by atomic mass is 9.98. The first kappa shape index (κ1) is 32.9. The van der Waals surface area contributed by atoms with E-state index in [2.05, 4.69) is 122 Å². The van der Waals surface area contributed by atoms with Gasteiger partial charge < -0.3 is 9.47 Å². The molecule has 0 radical (unpaired) electrons. The van der Waals surface area contributed by atoms with Crippen molar-refractivity contribution in [3.05, 3.63) is 56.5 Å². The Morgan fingerprint density at radius 1 is 0.579 bits per heavy atom. The smallest absolute Gasteiger partial charge is 0.127 e. The highest BCUT2D eigenvalue weighted by molar-refractivity contribution is 9.10. The molecule has 0 fully saturated rings. The van der Waals surface area contributed by atoms with E-state index in [9.17, 15) is 0 Å². The molecule has 2 unspecified atom stereocenters. The quantitative estimate of drug-likeness (QED) is 0.150. The van der Waals surface area contributed by atoms with Crippen LogP contribution in [0.2, 0.25) is 0 Å². The third kappa shape index (κ3) is 13.7. The summed E-state index contributed by atoms with van der Waals surface area (Å²) in [5, 5.41) is 0. The fourth-order valence-electron chi connectivity index (χ4n) is 4.50. The molecule has 0 heterocycles. The summed E-state index contributed by atoms with van der Waals surface area (Å²) in [5.74, 6) is 4.77. The van der Waals surface area contributed by atoms with Crippen LogP contribution in [-0.2, 0) is 0 Å².